The van der Waals surface area contributed by atoms with Gasteiger partial charge in [-0.05, 0) is 13.0 Å². The summed E-state index contributed by atoms with van der Waals surface area (Å²) in [6.45, 7) is 2.19. The van der Waals surface area contributed by atoms with Crippen molar-refractivity contribution in [2.45, 2.75) is 19.5 Å². The molecule has 0 spiro atoms. The summed E-state index contributed by atoms with van der Waals surface area (Å²) in [7, 11) is 1.57. The number of nitro groups is 1. The minimum absolute atomic E-state index is 0.106. The van der Waals surface area contributed by atoms with Crippen LogP contribution >= 0.6 is 11.3 Å². The van der Waals surface area contributed by atoms with Gasteiger partial charge in [-0.15, -0.1) is 0 Å². The summed E-state index contributed by atoms with van der Waals surface area (Å²) in [6, 6.07) is 2.84. The summed E-state index contributed by atoms with van der Waals surface area (Å²) in [5.74, 6) is -0.106. The van der Waals surface area contributed by atoms with Crippen LogP contribution in [0, 0.1) is 10.1 Å². The molecule has 0 saturated carbocycles. The first-order valence-electron chi connectivity index (χ1n) is 4.72. The van der Waals surface area contributed by atoms with E-state index in [0.717, 1.165) is 16.2 Å². The molecule has 0 aliphatic rings. The highest BCUT2D eigenvalue weighted by atomic mass is 32.1. The van der Waals surface area contributed by atoms with Gasteiger partial charge in [-0.25, -0.2) is 0 Å². The van der Waals surface area contributed by atoms with E-state index < -0.39 is 4.92 Å². The van der Waals surface area contributed by atoms with Crippen molar-refractivity contribution in [2.75, 3.05) is 7.05 Å². The molecular formula is C9H13N3O3S. The van der Waals surface area contributed by atoms with E-state index in [1.165, 1.54) is 6.07 Å². The van der Waals surface area contributed by atoms with E-state index in [2.05, 4.69) is 10.6 Å². The summed E-state index contributed by atoms with van der Waals surface area (Å²) in [5, 5.41) is 16.0. The van der Waals surface area contributed by atoms with Gasteiger partial charge in [0.2, 0.25) is 5.91 Å². The van der Waals surface area contributed by atoms with Gasteiger partial charge >= 0.3 is 5.00 Å². The molecule has 88 valence electrons. The average Bonchev–Trinajstić information content (AvgIpc) is 2.73. The second-order valence-electron chi connectivity index (χ2n) is 3.21. The van der Waals surface area contributed by atoms with Gasteiger partial charge in [-0.3, -0.25) is 14.9 Å². The van der Waals surface area contributed by atoms with Crippen molar-refractivity contribution in [3.8, 4) is 0 Å². The molecule has 0 aliphatic heterocycles. The number of likely N-dealkylation sites (N-methyl/N-ethyl adjacent to an activating group) is 1. The van der Waals surface area contributed by atoms with Crippen LogP contribution in [0.3, 0.4) is 0 Å². The molecule has 2 N–H and O–H groups in total. The predicted molar refractivity (Wildman–Crippen MR) is 61.3 cm³/mol. The van der Waals surface area contributed by atoms with Gasteiger partial charge in [0.05, 0.1) is 11.0 Å². The molecule has 1 rings (SSSR count). The Kier molecular flexibility index (Phi) is 4.39. The second-order valence-corrected chi connectivity index (χ2v) is 4.36. The Bertz CT molecular complexity index is 391. The van der Waals surface area contributed by atoms with Crippen molar-refractivity contribution in [1.29, 1.82) is 0 Å². The van der Waals surface area contributed by atoms with E-state index >= 15 is 0 Å². The second kappa shape index (κ2) is 5.57. The SMILES string of the molecule is CNC(=O)[C@@H](C)NCc1ccc([N+](=O)[O-])s1. The maximum atomic E-state index is 11.2. The molecule has 0 radical (unpaired) electrons. The molecule has 0 fully saturated rings. The number of nitrogens with zero attached hydrogens (tertiary/aromatic N) is 1. The Labute approximate surface area is 96.8 Å². The van der Waals surface area contributed by atoms with Gasteiger partial charge in [-0.2, -0.15) is 0 Å². The molecule has 6 nitrogen and oxygen atoms in total. The highest BCUT2D eigenvalue weighted by Crippen LogP contribution is 2.23. The summed E-state index contributed by atoms with van der Waals surface area (Å²) in [4.78, 5) is 22.0. The highest BCUT2D eigenvalue weighted by molar-refractivity contribution is 7.15. The smallest absolute Gasteiger partial charge is 0.324 e. The third kappa shape index (κ3) is 3.28. The van der Waals surface area contributed by atoms with E-state index in [1.807, 2.05) is 0 Å². The minimum Gasteiger partial charge on any atom is -0.358 e. The first kappa shape index (κ1) is 12.6. The van der Waals surface area contributed by atoms with Crippen LogP contribution in [0.2, 0.25) is 0 Å². The number of amides is 1. The molecule has 7 heteroatoms. The fraction of sp³-hybridized carbons (Fsp3) is 0.444. The van der Waals surface area contributed by atoms with Crippen molar-refractivity contribution in [1.82, 2.24) is 10.6 Å². The summed E-state index contributed by atoms with van der Waals surface area (Å²) < 4.78 is 0. The number of hydrogen-bond acceptors (Lipinski definition) is 5. The Morgan fingerprint density at radius 3 is 2.81 bits per heavy atom. The van der Waals surface area contributed by atoms with Crippen LogP contribution in [0.1, 0.15) is 11.8 Å². The van der Waals surface area contributed by atoms with Crippen molar-refractivity contribution < 1.29 is 9.72 Å². The fourth-order valence-electron chi connectivity index (χ4n) is 1.12. The van der Waals surface area contributed by atoms with Crippen molar-refractivity contribution in [3.63, 3.8) is 0 Å². The van der Waals surface area contributed by atoms with Gasteiger partial charge in [-0.1, -0.05) is 11.3 Å². The van der Waals surface area contributed by atoms with Crippen LogP contribution in [0.25, 0.3) is 0 Å². The fourth-order valence-corrected chi connectivity index (χ4v) is 1.89. The topological polar surface area (TPSA) is 84.3 Å². The first-order chi connectivity index (χ1) is 7.54. The molecule has 0 aliphatic carbocycles. The summed E-state index contributed by atoms with van der Waals surface area (Å²) in [6.07, 6.45) is 0. The molecule has 0 saturated heterocycles. The molecule has 0 unspecified atom stereocenters. The molecule has 0 bridgehead atoms. The Morgan fingerprint density at radius 2 is 2.31 bits per heavy atom. The van der Waals surface area contributed by atoms with E-state index in [0.29, 0.717) is 6.54 Å². The monoisotopic (exact) mass is 243 g/mol. The number of carbonyl (C=O) groups is 1. The lowest BCUT2D eigenvalue weighted by Crippen LogP contribution is -2.40. The molecule has 1 atom stereocenters. The van der Waals surface area contributed by atoms with Crippen LogP contribution < -0.4 is 10.6 Å². The first-order valence-corrected chi connectivity index (χ1v) is 5.54. The van der Waals surface area contributed by atoms with E-state index in [4.69, 9.17) is 0 Å². The van der Waals surface area contributed by atoms with E-state index in [-0.39, 0.29) is 17.0 Å². The van der Waals surface area contributed by atoms with Gasteiger partial charge in [0.15, 0.2) is 0 Å². The molecule has 1 aromatic heterocycles. The maximum Gasteiger partial charge on any atom is 0.324 e. The Balaban J connectivity index is 2.48. The number of rotatable bonds is 5. The molecule has 16 heavy (non-hydrogen) atoms. The molecule has 1 amide bonds. The molecule has 1 aromatic rings. The number of thiophene rings is 1. The predicted octanol–water partition coefficient (Wildman–Crippen LogP) is 0.880. The van der Waals surface area contributed by atoms with E-state index in [1.54, 1.807) is 20.0 Å². The van der Waals surface area contributed by atoms with Crippen LogP contribution in [0.5, 0.6) is 0 Å². The van der Waals surface area contributed by atoms with Gasteiger partial charge in [0.25, 0.3) is 0 Å². The number of hydrogen-bond donors (Lipinski definition) is 2. The number of nitrogens with one attached hydrogen (secondary N) is 2. The van der Waals surface area contributed by atoms with Gasteiger partial charge in [0, 0.05) is 24.5 Å². The van der Waals surface area contributed by atoms with Crippen LogP contribution in [0.4, 0.5) is 5.00 Å². The maximum absolute atomic E-state index is 11.2. The zero-order chi connectivity index (χ0) is 12.1. The molecular weight excluding hydrogens is 230 g/mol. The highest BCUT2D eigenvalue weighted by Gasteiger charge is 2.12. The van der Waals surface area contributed by atoms with Gasteiger partial charge < -0.3 is 10.6 Å². The summed E-state index contributed by atoms with van der Waals surface area (Å²) in [5.41, 5.74) is 0. The lowest BCUT2D eigenvalue weighted by molar-refractivity contribution is -0.380. The number of carbonyl (C=O) groups excluding carboxylic acids is 1. The molecule has 1 heterocycles. The van der Waals surface area contributed by atoms with Crippen molar-refractivity contribution in [2.24, 2.45) is 0 Å². The zero-order valence-electron chi connectivity index (χ0n) is 9.02. The quantitative estimate of drug-likeness (QED) is 0.594. The standard InChI is InChI=1S/C9H13N3O3S/c1-6(9(13)10-2)11-5-7-3-4-8(16-7)12(14)15/h3-4,6,11H,5H2,1-2H3,(H,10,13)/t6-/m1/s1. The lowest BCUT2D eigenvalue weighted by atomic mass is 10.3. The largest absolute Gasteiger partial charge is 0.358 e. The van der Waals surface area contributed by atoms with E-state index in [9.17, 15) is 14.9 Å². The molecule has 0 aromatic carbocycles. The normalized spacial score (nSPS) is 12.1. The Hall–Kier alpha value is -1.47. The van der Waals surface area contributed by atoms with Crippen LogP contribution in [-0.4, -0.2) is 23.9 Å². The third-order valence-electron chi connectivity index (χ3n) is 2.05. The zero-order valence-corrected chi connectivity index (χ0v) is 9.84. The summed E-state index contributed by atoms with van der Waals surface area (Å²) >= 11 is 1.11. The Morgan fingerprint density at radius 1 is 1.62 bits per heavy atom. The van der Waals surface area contributed by atoms with Crippen molar-refractivity contribution >= 4 is 22.2 Å². The van der Waals surface area contributed by atoms with Gasteiger partial charge in [0.1, 0.15) is 0 Å². The van der Waals surface area contributed by atoms with Crippen molar-refractivity contribution in [3.05, 3.63) is 27.1 Å². The average molecular weight is 243 g/mol. The minimum atomic E-state index is -0.420. The lowest BCUT2D eigenvalue weighted by Gasteiger charge is -2.10. The van der Waals surface area contributed by atoms with Crippen LogP contribution in [0.15, 0.2) is 12.1 Å². The third-order valence-corrected chi connectivity index (χ3v) is 3.09. The van der Waals surface area contributed by atoms with Crippen LogP contribution in [-0.2, 0) is 11.3 Å².